The fraction of sp³-hybridized carbons (Fsp3) is 0.333. The summed E-state index contributed by atoms with van der Waals surface area (Å²) in [4.78, 5) is 22.9. The quantitative estimate of drug-likeness (QED) is 0.669. The van der Waals surface area contributed by atoms with E-state index < -0.39 is 23.7 Å². The molecule has 1 aromatic carbocycles. The molecule has 0 aliphatic rings. The van der Waals surface area contributed by atoms with E-state index in [1.807, 2.05) is 0 Å². The maximum Gasteiger partial charge on any atom is 0.243 e. The molecular formula is C12H16FN3O3. The first-order valence-electron chi connectivity index (χ1n) is 5.60. The lowest BCUT2D eigenvalue weighted by Crippen LogP contribution is -2.45. The maximum absolute atomic E-state index is 12.9. The van der Waals surface area contributed by atoms with Gasteiger partial charge in [0.05, 0.1) is 13.2 Å². The van der Waals surface area contributed by atoms with Crippen LogP contribution in [0.25, 0.3) is 0 Å². The summed E-state index contributed by atoms with van der Waals surface area (Å²) in [5.74, 6) is -1.41. The Kier molecular flexibility index (Phi) is 5.91. The van der Waals surface area contributed by atoms with Crippen LogP contribution in [0, 0.1) is 5.82 Å². The normalized spacial score (nSPS) is 11.7. The van der Waals surface area contributed by atoms with Crippen LogP contribution in [0.4, 0.5) is 10.1 Å². The monoisotopic (exact) mass is 269 g/mol. The second kappa shape index (κ2) is 7.45. The molecule has 0 fully saturated rings. The number of hydrogen-bond donors (Lipinski definition) is 3. The minimum Gasteiger partial charge on any atom is -0.383 e. The average molecular weight is 269 g/mol. The lowest BCUT2D eigenvalue weighted by atomic mass is 10.3. The van der Waals surface area contributed by atoms with Crippen molar-refractivity contribution in [1.29, 1.82) is 0 Å². The summed E-state index contributed by atoms with van der Waals surface area (Å²) in [5.41, 5.74) is 5.79. The van der Waals surface area contributed by atoms with Crippen molar-refractivity contribution in [2.75, 3.05) is 25.6 Å². The van der Waals surface area contributed by atoms with Crippen LogP contribution in [0.5, 0.6) is 0 Å². The van der Waals surface area contributed by atoms with Crippen LogP contribution in [0.15, 0.2) is 24.3 Å². The minimum absolute atomic E-state index is 0.0668. The predicted octanol–water partition coefficient (Wildman–Crippen LogP) is -0.146. The van der Waals surface area contributed by atoms with Crippen LogP contribution in [-0.4, -0.2) is 38.1 Å². The molecule has 4 N–H and O–H groups in total. The van der Waals surface area contributed by atoms with Crippen molar-refractivity contribution < 1.29 is 18.7 Å². The Morgan fingerprint density at radius 3 is 2.84 bits per heavy atom. The van der Waals surface area contributed by atoms with Crippen molar-refractivity contribution in [3.05, 3.63) is 30.1 Å². The highest BCUT2D eigenvalue weighted by Gasteiger charge is 2.13. The maximum atomic E-state index is 12.9. The Morgan fingerprint density at radius 2 is 2.21 bits per heavy atom. The third-order valence-electron chi connectivity index (χ3n) is 2.21. The van der Waals surface area contributed by atoms with E-state index >= 15 is 0 Å². The zero-order chi connectivity index (χ0) is 14.3. The first kappa shape index (κ1) is 15.1. The number of nitrogens with two attached hydrogens (primary N) is 1. The van der Waals surface area contributed by atoms with Crippen molar-refractivity contribution in [2.24, 2.45) is 5.73 Å². The number of hydrogen-bond acceptors (Lipinski definition) is 4. The van der Waals surface area contributed by atoms with Crippen LogP contribution in [0.1, 0.15) is 0 Å². The third kappa shape index (κ3) is 5.45. The average Bonchev–Trinajstić information content (AvgIpc) is 2.36. The molecule has 1 rings (SSSR count). The van der Waals surface area contributed by atoms with Crippen molar-refractivity contribution >= 4 is 17.5 Å². The number of halogens is 1. The molecule has 1 atom stereocenters. The summed E-state index contributed by atoms with van der Waals surface area (Å²) in [7, 11) is 1.42. The number of amides is 2. The fourth-order valence-electron chi connectivity index (χ4n) is 1.33. The van der Waals surface area contributed by atoms with Gasteiger partial charge in [0.1, 0.15) is 11.9 Å². The summed E-state index contributed by atoms with van der Waals surface area (Å²) in [5, 5.41) is 4.80. The number of ether oxygens (including phenoxy) is 1. The Labute approximate surface area is 110 Å². The van der Waals surface area contributed by atoms with E-state index in [2.05, 4.69) is 10.6 Å². The molecular weight excluding hydrogens is 253 g/mol. The van der Waals surface area contributed by atoms with E-state index in [0.29, 0.717) is 5.69 Å². The molecule has 0 heterocycles. The van der Waals surface area contributed by atoms with Crippen molar-refractivity contribution in [2.45, 2.75) is 6.04 Å². The zero-order valence-electron chi connectivity index (χ0n) is 10.5. The van der Waals surface area contributed by atoms with Crippen molar-refractivity contribution in [3.63, 3.8) is 0 Å². The third-order valence-corrected chi connectivity index (χ3v) is 2.21. The molecule has 0 saturated heterocycles. The number of methoxy groups -OCH3 is 1. The molecule has 0 aliphatic carbocycles. The van der Waals surface area contributed by atoms with E-state index in [1.165, 1.54) is 25.3 Å². The molecule has 0 saturated carbocycles. The van der Waals surface area contributed by atoms with Crippen LogP contribution >= 0.6 is 0 Å². The van der Waals surface area contributed by atoms with Crippen LogP contribution in [-0.2, 0) is 14.3 Å². The van der Waals surface area contributed by atoms with E-state index in [1.54, 1.807) is 6.07 Å². The molecule has 6 nitrogen and oxygen atoms in total. The molecule has 19 heavy (non-hydrogen) atoms. The Hall–Kier alpha value is -1.99. The number of anilines is 1. The van der Waals surface area contributed by atoms with Gasteiger partial charge in [-0.25, -0.2) is 4.39 Å². The molecule has 1 aromatic rings. The van der Waals surface area contributed by atoms with Crippen molar-refractivity contribution in [3.8, 4) is 0 Å². The first-order chi connectivity index (χ1) is 9.02. The molecule has 0 bridgehead atoms. The number of rotatable bonds is 6. The van der Waals surface area contributed by atoms with Gasteiger partial charge >= 0.3 is 0 Å². The molecule has 0 aromatic heterocycles. The Morgan fingerprint density at radius 1 is 1.47 bits per heavy atom. The topological polar surface area (TPSA) is 93.4 Å². The number of nitrogens with one attached hydrogen (secondary N) is 2. The van der Waals surface area contributed by atoms with Gasteiger partial charge in [0, 0.05) is 12.8 Å². The Bertz CT molecular complexity index is 454. The Balaban J connectivity index is 2.38. The van der Waals surface area contributed by atoms with Crippen molar-refractivity contribution in [1.82, 2.24) is 5.32 Å². The molecule has 0 spiro atoms. The van der Waals surface area contributed by atoms with Crippen LogP contribution < -0.4 is 16.4 Å². The fourth-order valence-corrected chi connectivity index (χ4v) is 1.33. The van der Waals surface area contributed by atoms with E-state index in [0.717, 1.165) is 0 Å². The minimum atomic E-state index is -0.827. The lowest BCUT2D eigenvalue weighted by Gasteiger charge is -2.11. The molecule has 7 heteroatoms. The van der Waals surface area contributed by atoms with E-state index in [-0.39, 0.29) is 13.2 Å². The second-order valence-corrected chi connectivity index (χ2v) is 3.84. The zero-order valence-corrected chi connectivity index (χ0v) is 10.5. The SMILES string of the molecule is COCC(N)C(=O)NCC(=O)Nc1cccc(F)c1. The van der Waals surface area contributed by atoms with Gasteiger partial charge in [-0.15, -0.1) is 0 Å². The number of benzene rings is 1. The van der Waals surface area contributed by atoms with Crippen LogP contribution in [0.3, 0.4) is 0 Å². The molecule has 0 radical (unpaired) electrons. The van der Waals surface area contributed by atoms with Crippen LogP contribution in [0.2, 0.25) is 0 Å². The van der Waals surface area contributed by atoms with Gasteiger partial charge in [-0.2, -0.15) is 0 Å². The highest BCUT2D eigenvalue weighted by Crippen LogP contribution is 2.08. The second-order valence-electron chi connectivity index (χ2n) is 3.84. The van der Waals surface area contributed by atoms with Gasteiger partial charge < -0.3 is 21.1 Å². The predicted molar refractivity (Wildman–Crippen MR) is 67.9 cm³/mol. The summed E-state index contributed by atoms with van der Waals surface area (Å²) >= 11 is 0. The number of carbonyl (C=O) groups excluding carboxylic acids is 2. The largest absolute Gasteiger partial charge is 0.383 e. The van der Waals surface area contributed by atoms with Gasteiger partial charge in [0.2, 0.25) is 11.8 Å². The van der Waals surface area contributed by atoms with Gasteiger partial charge in [0.15, 0.2) is 0 Å². The van der Waals surface area contributed by atoms with E-state index in [4.69, 9.17) is 10.5 Å². The summed E-state index contributed by atoms with van der Waals surface area (Å²) < 4.78 is 17.6. The van der Waals surface area contributed by atoms with E-state index in [9.17, 15) is 14.0 Å². The smallest absolute Gasteiger partial charge is 0.243 e. The molecule has 2 amide bonds. The molecule has 104 valence electrons. The lowest BCUT2D eigenvalue weighted by molar-refractivity contribution is -0.126. The van der Waals surface area contributed by atoms with Gasteiger partial charge in [-0.05, 0) is 18.2 Å². The highest BCUT2D eigenvalue weighted by atomic mass is 19.1. The van der Waals surface area contributed by atoms with Gasteiger partial charge in [-0.1, -0.05) is 6.07 Å². The standard InChI is InChI=1S/C12H16FN3O3/c1-19-7-10(14)12(18)15-6-11(17)16-9-4-2-3-8(13)5-9/h2-5,10H,6-7,14H2,1H3,(H,15,18)(H,16,17). The highest BCUT2D eigenvalue weighted by molar-refractivity contribution is 5.95. The molecule has 0 aliphatic heterocycles. The number of carbonyl (C=O) groups is 2. The van der Waals surface area contributed by atoms with Gasteiger partial charge in [0.25, 0.3) is 0 Å². The first-order valence-corrected chi connectivity index (χ1v) is 5.60. The summed E-state index contributed by atoms with van der Waals surface area (Å²) in [6, 6.07) is 4.63. The van der Waals surface area contributed by atoms with Gasteiger partial charge in [-0.3, -0.25) is 9.59 Å². The molecule has 1 unspecified atom stereocenters. The summed E-state index contributed by atoms with van der Waals surface area (Å²) in [6.45, 7) is -0.176. The summed E-state index contributed by atoms with van der Waals surface area (Å²) in [6.07, 6.45) is 0.